The van der Waals surface area contributed by atoms with E-state index in [0.717, 1.165) is 5.70 Å². The summed E-state index contributed by atoms with van der Waals surface area (Å²) in [6, 6.07) is 4.14. The molecule has 0 aromatic heterocycles. The summed E-state index contributed by atoms with van der Waals surface area (Å²) in [4.78, 5) is 19.8. The Morgan fingerprint density at radius 3 is 2.52 bits per heavy atom. The van der Waals surface area contributed by atoms with Crippen LogP contribution in [0.1, 0.15) is 39.7 Å². The van der Waals surface area contributed by atoms with Gasteiger partial charge in [-0.25, -0.2) is 4.99 Å². The van der Waals surface area contributed by atoms with Gasteiger partial charge >= 0.3 is 0 Å². The summed E-state index contributed by atoms with van der Waals surface area (Å²) in [5, 5.41) is 25.3. The zero-order valence-electron chi connectivity index (χ0n) is 17.7. The van der Waals surface area contributed by atoms with Gasteiger partial charge in [-0.05, 0) is 32.0 Å². The zero-order chi connectivity index (χ0) is 22.4. The molecule has 1 amide bonds. The van der Waals surface area contributed by atoms with Crippen molar-refractivity contribution >= 4 is 17.5 Å². The van der Waals surface area contributed by atoms with Gasteiger partial charge in [-0.15, -0.1) is 12.3 Å². The first kappa shape index (κ1) is 25.5. The van der Waals surface area contributed by atoms with Crippen LogP contribution in [-0.2, 0) is 4.79 Å². The molecule has 1 aliphatic heterocycles. The minimum atomic E-state index is -0.147. The maximum atomic E-state index is 11.3. The summed E-state index contributed by atoms with van der Waals surface area (Å²) in [6.45, 7) is 11.9. The lowest BCUT2D eigenvalue weighted by Gasteiger charge is -2.17. The number of aromatic hydroxyl groups is 2. The molecular weight excluding hydrogens is 368 g/mol. The lowest BCUT2D eigenvalue weighted by molar-refractivity contribution is -0.116. The Labute approximate surface area is 173 Å². The Bertz CT molecular complexity index is 846. The fourth-order valence-electron chi connectivity index (χ4n) is 2.14. The molecule has 7 nitrogen and oxygen atoms in total. The highest BCUT2D eigenvalue weighted by Crippen LogP contribution is 2.23. The van der Waals surface area contributed by atoms with Gasteiger partial charge < -0.3 is 20.8 Å². The van der Waals surface area contributed by atoms with Crippen molar-refractivity contribution < 1.29 is 15.0 Å². The quantitative estimate of drug-likeness (QED) is 0.271. The maximum absolute atomic E-state index is 11.3. The van der Waals surface area contributed by atoms with E-state index in [9.17, 15) is 15.0 Å². The maximum Gasteiger partial charge on any atom is 0.245 e. The molecule has 0 fully saturated rings. The summed E-state index contributed by atoms with van der Waals surface area (Å²) in [5.74, 6) is 2.34. The van der Waals surface area contributed by atoms with Crippen molar-refractivity contribution in [2.24, 2.45) is 9.98 Å². The van der Waals surface area contributed by atoms with Crippen molar-refractivity contribution in [1.29, 1.82) is 0 Å². The van der Waals surface area contributed by atoms with Gasteiger partial charge in [-0.3, -0.25) is 9.79 Å². The number of amides is 1. The summed E-state index contributed by atoms with van der Waals surface area (Å²) in [5.41, 5.74) is 2.15. The van der Waals surface area contributed by atoms with Crippen molar-refractivity contribution in [1.82, 2.24) is 10.6 Å². The minimum absolute atomic E-state index is 0.00660. The molecule has 0 aliphatic carbocycles. The number of carbonyl (C=O) groups excluding carboxylic acids is 1. The number of nitrogens with one attached hydrogen (secondary N) is 2. The van der Waals surface area contributed by atoms with Gasteiger partial charge in [0.25, 0.3) is 0 Å². The predicted octanol–water partition coefficient (Wildman–Crippen LogP) is 3.11. The summed E-state index contributed by atoms with van der Waals surface area (Å²) < 4.78 is 0. The molecule has 0 atom stereocenters. The molecular formula is C22H30N4O3. The van der Waals surface area contributed by atoms with Crippen LogP contribution in [0.3, 0.4) is 0 Å². The number of nitrogens with zero attached hydrogens (tertiary/aromatic N) is 2. The Morgan fingerprint density at radius 1 is 1.34 bits per heavy atom. The molecule has 1 aliphatic rings. The highest BCUT2D eigenvalue weighted by Gasteiger charge is 2.12. The smallest absolute Gasteiger partial charge is 0.245 e. The second-order valence-corrected chi connectivity index (χ2v) is 5.55. The topological polar surface area (TPSA) is 106 Å². The van der Waals surface area contributed by atoms with E-state index in [1.54, 1.807) is 20.9 Å². The number of hydrogen-bond donors (Lipinski definition) is 4. The fourth-order valence-corrected chi connectivity index (χ4v) is 2.14. The average molecular weight is 399 g/mol. The van der Waals surface area contributed by atoms with Gasteiger partial charge in [0.2, 0.25) is 5.91 Å². The summed E-state index contributed by atoms with van der Waals surface area (Å²) in [6.07, 6.45) is 6.76. The van der Waals surface area contributed by atoms with Gasteiger partial charge in [0, 0.05) is 31.8 Å². The van der Waals surface area contributed by atoms with E-state index >= 15 is 0 Å². The van der Waals surface area contributed by atoms with Crippen LogP contribution in [0, 0.1) is 12.3 Å². The zero-order valence-corrected chi connectivity index (χ0v) is 17.7. The Morgan fingerprint density at radius 2 is 1.97 bits per heavy atom. The number of amidine groups is 1. The highest BCUT2D eigenvalue weighted by atomic mass is 16.3. The number of phenols is 2. The van der Waals surface area contributed by atoms with E-state index in [2.05, 4.69) is 39.5 Å². The van der Waals surface area contributed by atoms with Crippen molar-refractivity contribution in [2.75, 3.05) is 13.6 Å². The number of allylic oxidation sites excluding steroid dienone is 1. The first-order valence-corrected chi connectivity index (χ1v) is 9.18. The Hall–Kier alpha value is -3.53. The second kappa shape index (κ2) is 13.6. The third-order valence-electron chi connectivity index (χ3n) is 3.45. The molecule has 2 rings (SSSR count). The molecule has 0 unspecified atom stereocenters. The van der Waals surface area contributed by atoms with Crippen LogP contribution >= 0.6 is 0 Å². The first-order chi connectivity index (χ1) is 13.8. The van der Waals surface area contributed by atoms with Gasteiger partial charge in [-0.1, -0.05) is 20.4 Å². The second-order valence-electron chi connectivity index (χ2n) is 5.55. The van der Waals surface area contributed by atoms with Crippen LogP contribution in [-0.4, -0.2) is 41.3 Å². The molecule has 29 heavy (non-hydrogen) atoms. The molecule has 0 radical (unpaired) electrons. The normalized spacial score (nSPS) is 13.4. The lowest BCUT2D eigenvalue weighted by Crippen LogP contribution is -2.31. The molecule has 0 spiro atoms. The van der Waals surface area contributed by atoms with Crippen LogP contribution in [0.25, 0.3) is 0 Å². The number of rotatable bonds is 4. The first-order valence-electron chi connectivity index (χ1n) is 9.18. The molecule has 156 valence electrons. The molecule has 1 aromatic rings. The average Bonchev–Trinajstić information content (AvgIpc) is 2.70. The molecule has 0 saturated heterocycles. The van der Waals surface area contributed by atoms with Crippen LogP contribution in [0.4, 0.5) is 0 Å². The van der Waals surface area contributed by atoms with E-state index in [4.69, 9.17) is 0 Å². The minimum Gasteiger partial charge on any atom is -0.508 e. The third kappa shape index (κ3) is 8.80. The van der Waals surface area contributed by atoms with E-state index in [-0.39, 0.29) is 23.2 Å². The molecule has 0 bridgehead atoms. The number of benzene rings is 1. The SMILES string of the molecule is C#CC.C=C(NC1=CC(=O)NCC1)C(C)=NC(=NC)c1cc(O)ccc1O.CC. The Kier molecular flexibility index (Phi) is 12.0. The molecule has 7 heteroatoms. The lowest BCUT2D eigenvalue weighted by atomic mass is 10.1. The number of carbonyl (C=O) groups is 1. The van der Waals surface area contributed by atoms with Gasteiger partial charge in [-0.2, -0.15) is 0 Å². The number of hydrogen-bond acceptors (Lipinski definition) is 5. The van der Waals surface area contributed by atoms with Crippen molar-refractivity contribution in [2.45, 2.75) is 34.1 Å². The monoisotopic (exact) mass is 398 g/mol. The molecule has 1 aromatic carbocycles. The molecule has 4 N–H and O–H groups in total. The summed E-state index contributed by atoms with van der Waals surface area (Å²) in [7, 11) is 1.54. The molecule has 0 saturated carbocycles. The molecule has 1 heterocycles. The van der Waals surface area contributed by atoms with Crippen LogP contribution in [0.15, 0.2) is 52.2 Å². The van der Waals surface area contributed by atoms with E-state index < -0.39 is 0 Å². The van der Waals surface area contributed by atoms with Crippen LogP contribution in [0.2, 0.25) is 0 Å². The van der Waals surface area contributed by atoms with E-state index in [1.165, 1.54) is 24.3 Å². The number of phenolic OH excluding ortho intramolecular Hbond substituents is 2. The van der Waals surface area contributed by atoms with Crippen LogP contribution in [0.5, 0.6) is 11.5 Å². The van der Waals surface area contributed by atoms with Gasteiger partial charge in [0.1, 0.15) is 11.5 Å². The van der Waals surface area contributed by atoms with E-state index in [0.29, 0.717) is 29.9 Å². The van der Waals surface area contributed by atoms with Gasteiger partial charge in [0.15, 0.2) is 5.84 Å². The third-order valence-corrected chi connectivity index (χ3v) is 3.45. The van der Waals surface area contributed by atoms with Crippen molar-refractivity contribution in [3.8, 4) is 23.8 Å². The number of aliphatic imine (C=N–C) groups is 2. The van der Waals surface area contributed by atoms with E-state index in [1.807, 2.05) is 13.8 Å². The number of terminal acetylenes is 1. The highest BCUT2D eigenvalue weighted by molar-refractivity contribution is 6.12. The fraction of sp³-hybridized carbons (Fsp3) is 0.318. The largest absolute Gasteiger partial charge is 0.508 e. The van der Waals surface area contributed by atoms with Gasteiger partial charge in [0.05, 0.1) is 17.0 Å². The van der Waals surface area contributed by atoms with Crippen molar-refractivity contribution in [3.63, 3.8) is 0 Å². The predicted molar refractivity (Wildman–Crippen MR) is 119 cm³/mol. The van der Waals surface area contributed by atoms with Crippen molar-refractivity contribution in [3.05, 3.63) is 47.8 Å². The standard InChI is InChI=1S/C17H20N4O3.C3H4.C2H6/c1-10(20-12-6-7-19-16(24)8-12)11(2)21-17(18-3)14-9-13(22)4-5-15(14)23;1-3-2;1-2/h4-5,8-9,20,22-23H,1,6-7H2,2-3H3,(H,19,24);1H,2H3;1-2H3. The summed E-state index contributed by atoms with van der Waals surface area (Å²) >= 11 is 0. The Balaban J connectivity index is 0.00000143. The van der Waals surface area contributed by atoms with Crippen LogP contribution < -0.4 is 10.6 Å².